The Balaban J connectivity index is 1.49. The fourth-order valence-corrected chi connectivity index (χ4v) is 4.06. The van der Waals surface area contributed by atoms with Crippen LogP contribution in [0.1, 0.15) is 41.0 Å². The predicted octanol–water partition coefficient (Wildman–Crippen LogP) is 2.82. The molecule has 8 nitrogen and oxygen atoms in total. The Labute approximate surface area is 173 Å². The van der Waals surface area contributed by atoms with E-state index in [0.717, 1.165) is 5.56 Å². The molecule has 5 rings (SSSR count). The highest BCUT2D eigenvalue weighted by molar-refractivity contribution is 6.00. The van der Waals surface area contributed by atoms with E-state index in [1.165, 1.54) is 12.1 Å². The molecule has 1 unspecified atom stereocenters. The highest BCUT2D eigenvalue weighted by atomic mass is 19.4. The van der Waals surface area contributed by atoms with Crippen LogP contribution in [0.25, 0.3) is 5.65 Å². The number of fused-ring (bicyclic) bond motifs is 1. The molecule has 1 saturated carbocycles. The van der Waals surface area contributed by atoms with Gasteiger partial charge in [-0.3, -0.25) is 10.1 Å². The summed E-state index contributed by atoms with van der Waals surface area (Å²) in [5, 5.41) is 9.23. The Kier molecular flexibility index (Phi) is 4.34. The molecule has 1 aliphatic carbocycles. The Morgan fingerprint density at radius 2 is 1.90 bits per heavy atom. The molecule has 11 heteroatoms. The van der Waals surface area contributed by atoms with Crippen LogP contribution < -0.4 is 15.4 Å². The average Bonchev–Trinajstić information content (AvgIpc) is 3.34. The van der Waals surface area contributed by atoms with Gasteiger partial charge >= 0.3 is 12.4 Å². The maximum absolute atomic E-state index is 12.8. The van der Waals surface area contributed by atoms with E-state index in [9.17, 15) is 22.8 Å². The van der Waals surface area contributed by atoms with Gasteiger partial charge in [-0.15, -0.1) is 13.2 Å². The zero-order valence-corrected chi connectivity index (χ0v) is 15.9. The molecule has 160 valence electrons. The first kappa shape index (κ1) is 19.3. The molecule has 3 heterocycles. The molecule has 0 radical (unpaired) electrons. The van der Waals surface area contributed by atoms with Crippen molar-refractivity contribution in [1.82, 2.24) is 25.2 Å². The van der Waals surface area contributed by atoms with Crippen molar-refractivity contribution in [2.24, 2.45) is 0 Å². The van der Waals surface area contributed by atoms with E-state index in [1.54, 1.807) is 35.1 Å². The first-order valence-electron chi connectivity index (χ1n) is 9.58. The number of urea groups is 1. The number of carbonyl (C=O) groups is 2. The molecular formula is C20H16F3N5O3. The van der Waals surface area contributed by atoms with Crippen molar-refractivity contribution >= 4 is 17.6 Å². The lowest BCUT2D eigenvalue weighted by Crippen LogP contribution is -2.51. The second kappa shape index (κ2) is 6.96. The monoisotopic (exact) mass is 431 g/mol. The van der Waals surface area contributed by atoms with Crippen LogP contribution in [0.15, 0.2) is 42.7 Å². The molecule has 1 saturated heterocycles. The van der Waals surface area contributed by atoms with Gasteiger partial charge in [-0.1, -0.05) is 18.2 Å². The van der Waals surface area contributed by atoms with Crippen LogP contribution in [0.5, 0.6) is 5.75 Å². The molecule has 2 N–H and O–H groups in total. The Hall–Kier alpha value is -3.63. The summed E-state index contributed by atoms with van der Waals surface area (Å²) in [5.74, 6) is -1.65. The van der Waals surface area contributed by atoms with Crippen LogP contribution in [0, 0.1) is 0 Å². The highest BCUT2D eigenvalue weighted by Gasteiger charge is 2.44. The number of benzene rings is 1. The molecular weight excluding hydrogens is 415 g/mol. The minimum Gasteiger partial charge on any atom is -0.405 e. The van der Waals surface area contributed by atoms with Crippen molar-refractivity contribution in [2.75, 3.05) is 6.54 Å². The van der Waals surface area contributed by atoms with Gasteiger partial charge in [-0.05, 0) is 36.0 Å². The summed E-state index contributed by atoms with van der Waals surface area (Å²) in [6.07, 6.45) is -0.965. The number of para-hydroxylation sites is 1. The molecule has 2 fully saturated rings. The molecule has 3 amide bonds. The number of carbonyl (C=O) groups excluding carboxylic acids is 2. The second-order valence-electron chi connectivity index (χ2n) is 7.51. The zero-order valence-electron chi connectivity index (χ0n) is 15.9. The minimum absolute atomic E-state index is 0.105. The molecule has 31 heavy (non-hydrogen) atoms. The number of hydrogen-bond acceptors (Lipinski definition) is 5. The number of aromatic nitrogens is 3. The van der Waals surface area contributed by atoms with Crippen molar-refractivity contribution in [1.29, 1.82) is 0 Å². The number of halogens is 3. The van der Waals surface area contributed by atoms with E-state index < -0.39 is 24.2 Å². The van der Waals surface area contributed by atoms with E-state index in [-0.39, 0.29) is 24.1 Å². The Morgan fingerprint density at radius 1 is 1.13 bits per heavy atom. The number of amides is 3. The molecule has 1 aromatic carbocycles. The molecule has 0 spiro atoms. The number of nitrogens with one attached hydrogen (secondary N) is 2. The fourth-order valence-electron chi connectivity index (χ4n) is 4.06. The summed E-state index contributed by atoms with van der Waals surface area (Å²) in [4.78, 5) is 28.0. The second-order valence-corrected chi connectivity index (χ2v) is 7.51. The number of alkyl halides is 3. The molecule has 3 aromatic rings. The standard InChI is InChI=1S/C20H16F3N5O3/c21-20(22,23)31-16-4-2-1-3-10(16)11-7-12(11)13-8-15(27-28-6-5-24-17(13)28)14-9-25-19(30)26-18(14)29/h1-6,8,11-12,14H,7,9H2,(H2,25,26,29,30)/t11-,12+,14?/m1/s1. The molecule has 2 aromatic heterocycles. The molecule has 1 aliphatic heterocycles. The largest absolute Gasteiger partial charge is 0.573 e. The van der Waals surface area contributed by atoms with Gasteiger partial charge in [-0.2, -0.15) is 5.10 Å². The van der Waals surface area contributed by atoms with Crippen molar-refractivity contribution in [3.63, 3.8) is 0 Å². The first-order chi connectivity index (χ1) is 14.8. The zero-order chi connectivity index (χ0) is 21.8. The van der Waals surface area contributed by atoms with Crippen LogP contribution in [0.3, 0.4) is 0 Å². The van der Waals surface area contributed by atoms with Gasteiger partial charge in [-0.25, -0.2) is 14.3 Å². The normalized spacial score (nSPS) is 23.4. The third-order valence-electron chi connectivity index (χ3n) is 5.52. The highest BCUT2D eigenvalue weighted by Crippen LogP contribution is 2.57. The van der Waals surface area contributed by atoms with Gasteiger partial charge in [0, 0.05) is 24.5 Å². The molecule has 2 aliphatic rings. The number of imidazole rings is 1. The lowest BCUT2D eigenvalue weighted by atomic mass is 9.99. The van der Waals surface area contributed by atoms with Crippen molar-refractivity contribution in [3.05, 3.63) is 59.5 Å². The van der Waals surface area contributed by atoms with E-state index in [1.807, 2.05) is 0 Å². The fraction of sp³-hybridized carbons (Fsp3) is 0.300. The Morgan fingerprint density at radius 3 is 2.68 bits per heavy atom. The van der Waals surface area contributed by atoms with E-state index in [0.29, 0.717) is 23.3 Å². The summed E-state index contributed by atoms with van der Waals surface area (Å²) >= 11 is 0. The van der Waals surface area contributed by atoms with Crippen LogP contribution in [0.4, 0.5) is 18.0 Å². The lowest BCUT2D eigenvalue weighted by Gasteiger charge is -2.22. The summed E-state index contributed by atoms with van der Waals surface area (Å²) in [6, 6.07) is 7.29. The van der Waals surface area contributed by atoms with Gasteiger partial charge in [0.25, 0.3) is 0 Å². The first-order valence-corrected chi connectivity index (χ1v) is 9.58. The van der Waals surface area contributed by atoms with Gasteiger partial charge in [0.1, 0.15) is 5.75 Å². The van der Waals surface area contributed by atoms with Gasteiger partial charge in [0.15, 0.2) is 5.65 Å². The van der Waals surface area contributed by atoms with Gasteiger partial charge < -0.3 is 10.1 Å². The summed E-state index contributed by atoms with van der Waals surface area (Å²) in [7, 11) is 0. The maximum Gasteiger partial charge on any atom is 0.573 e. The van der Waals surface area contributed by atoms with Gasteiger partial charge in [0.05, 0.1) is 11.6 Å². The predicted molar refractivity (Wildman–Crippen MR) is 100 cm³/mol. The SMILES string of the molecule is O=C1NCC(c2cc([C@H]3C[C@@H]3c3ccccc3OC(F)(F)F)c3nccn3n2)C(=O)N1. The van der Waals surface area contributed by atoms with Gasteiger partial charge in [0.2, 0.25) is 5.91 Å². The maximum atomic E-state index is 12.8. The van der Waals surface area contributed by atoms with Crippen LogP contribution in [-0.4, -0.2) is 39.4 Å². The molecule has 3 atom stereocenters. The third kappa shape index (κ3) is 3.66. The number of ether oxygens (including phenoxy) is 1. The summed E-state index contributed by atoms with van der Waals surface area (Å²) < 4.78 is 44.2. The van der Waals surface area contributed by atoms with E-state index in [2.05, 4.69) is 25.5 Å². The quantitative estimate of drug-likeness (QED) is 0.662. The number of rotatable bonds is 4. The third-order valence-corrected chi connectivity index (χ3v) is 5.52. The number of hydrogen-bond donors (Lipinski definition) is 2. The summed E-state index contributed by atoms with van der Waals surface area (Å²) in [6.45, 7) is 0.105. The van der Waals surface area contributed by atoms with Crippen LogP contribution in [0.2, 0.25) is 0 Å². The topological polar surface area (TPSA) is 97.6 Å². The molecule has 0 bridgehead atoms. The van der Waals surface area contributed by atoms with Crippen molar-refractivity contribution in [3.8, 4) is 5.75 Å². The lowest BCUT2D eigenvalue weighted by molar-refractivity contribution is -0.274. The van der Waals surface area contributed by atoms with Crippen LogP contribution >= 0.6 is 0 Å². The number of nitrogens with zero attached hydrogens (tertiary/aromatic N) is 3. The minimum atomic E-state index is -4.78. The van der Waals surface area contributed by atoms with Crippen LogP contribution in [-0.2, 0) is 4.79 Å². The van der Waals surface area contributed by atoms with Crippen molar-refractivity contribution < 1.29 is 27.5 Å². The van der Waals surface area contributed by atoms with Crippen molar-refractivity contribution in [2.45, 2.75) is 30.5 Å². The summed E-state index contributed by atoms with van der Waals surface area (Å²) in [5.41, 5.74) is 2.27. The van der Waals surface area contributed by atoms with E-state index >= 15 is 0 Å². The Bertz CT molecular complexity index is 1190. The number of imide groups is 1. The smallest absolute Gasteiger partial charge is 0.405 e. The van der Waals surface area contributed by atoms with E-state index in [4.69, 9.17) is 0 Å². The average molecular weight is 431 g/mol.